The first-order valence-electron chi connectivity index (χ1n) is 11.0. The number of alkyl halides is 2. The lowest BCUT2D eigenvalue weighted by atomic mass is 10.0. The van der Waals surface area contributed by atoms with Gasteiger partial charge in [0.15, 0.2) is 0 Å². The van der Waals surface area contributed by atoms with E-state index in [2.05, 4.69) is 9.64 Å². The molecule has 2 aliphatic heterocycles. The first kappa shape index (κ1) is 22.2. The van der Waals surface area contributed by atoms with Gasteiger partial charge in [0, 0.05) is 39.3 Å². The first-order chi connectivity index (χ1) is 15.5. The highest BCUT2D eigenvalue weighted by atomic mass is 19.3. The van der Waals surface area contributed by atoms with Crippen molar-refractivity contribution >= 4 is 11.8 Å². The predicted octanol–water partition coefficient (Wildman–Crippen LogP) is 3.41. The van der Waals surface area contributed by atoms with Crippen LogP contribution in [-0.4, -0.2) is 72.4 Å². The molecular weight excluding hydrogens is 416 g/mol. The van der Waals surface area contributed by atoms with Crippen LogP contribution in [0.15, 0.2) is 54.6 Å². The molecule has 0 bridgehead atoms. The first-order valence-corrected chi connectivity index (χ1v) is 11.0. The molecule has 6 nitrogen and oxygen atoms in total. The van der Waals surface area contributed by atoms with Gasteiger partial charge in [-0.15, -0.1) is 0 Å². The molecule has 0 aliphatic carbocycles. The minimum Gasteiger partial charge on any atom is -0.434 e. The topological polar surface area (TPSA) is 53.1 Å². The van der Waals surface area contributed by atoms with Crippen LogP contribution in [0.5, 0.6) is 5.75 Å². The Bertz CT molecular complexity index is 927. The standard InChI is InChI=1S/C24H27F2N3O3/c25-24(26)32-20-11-5-4-10-19(20)22(30)29-16-14-27(15-17-29)21(18-8-2-1-3-9-18)23(31)28-12-6-7-13-28/h1-5,8-11,21,24H,6-7,12-17H2. The zero-order valence-electron chi connectivity index (χ0n) is 17.8. The van der Waals surface area contributed by atoms with Crippen molar-refractivity contribution < 1.29 is 23.1 Å². The Hall–Kier alpha value is -3.00. The molecule has 2 amide bonds. The molecule has 2 aromatic carbocycles. The van der Waals surface area contributed by atoms with Crippen LogP contribution in [0.25, 0.3) is 0 Å². The third-order valence-electron chi connectivity index (χ3n) is 6.07. The van der Waals surface area contributed by atoms with Crippen LogP contribution in [0, 0.1) is 0 Å². The van der Waals surface area contributed by atoms with Gasteiger partial charge in [0.25, 0.3) is 5.91 Å². The van der Waals surface area contributed by atoms with Gasteiger partial charge in [0.2, 0.25) is 5.91 Å². The molecule has 32 heavy (non-hydrogen) atoms. The molecule has 170 valence electrons. The molecule has 4 rings (SSSR count). The summed E-state index contributed by atoms with van der Waals surface area (Å²) >= 11 is 0. The number of hydrogen-bond acceptors (Lipinski definition) is 4. The fourth-order valence-corrected chi connectivity index (χ4v) is 4.45. The molecule has 0 N–H and O–H groups in total. The summed E-state index contributed by atoms with van der Waals surface area (Å²) in [5, 5.41) is 0. The fraction of sp³-hybridized carbons (Fsp3) is 0.417. The lowest BCUT2D eigenvalue weighted by Crippen LogP contribution is -2.52. The smallest absolute Gasteiger partial charge is 0.387 e. The highest BCUT2D eigenvalue weighted by Gasteiger charge is 2.35. The largest absolute Gasteiger partial charge is 0.434 e. The molecule has 2 aromatic rings. The predicted molar refractivity (Wildman–Crippen MR) is 116 cm³/mol. The maximum Gasteiger partial charge on any atom is 0.387 e. The summed E-state index contributed by atoms with van der Waals surface area (Å²) in [6.07, 6.45) is 2.05. The van der Waals surface area contributed by atoms with E-state index in [0.29, 0.717) is 26.2 Å². The second-order valence-corrected chi connectivity index (χ2v) is 8.05. The zero-order chi connectivity index (χ0) is 22.5. The molecule has 0 radical (unpaired) electrons. The second-order valence-electron chi connectivity index (χ2n) is 8.05. The zero-order valence-corrected chi connectivity index (χ0v) is 17.8. The van der Waals surface area contributed by atoms with Crippen molar-refractivity contribution in [2.45, 2.75) is 25.5 Å². The van der Waals surface area contributed by atoms with Crippen molar-refractivity contribution in [2.75, 3.05) is 39.3 Å². The molecule has 8 heteroatoms. The normalized spacial score (nSPS) is 18.1. The lowest BCUT2D eigenvalue weighted by molar-refractivity contribution is -0.136. The summed E-state index contributed by atoms with van der Waals surface area (Å²) in [6, 6.07) is 15.4. The third kappa shape index (κ3) is 4.91. The lowest BCUT2D eigenvalue weighted by Gasteiger charge is -2.40. The molecule has 2 aliphatic rings. The third-order valence-corrected chi connectivity index (χ3v) is 6.07. The quantitative estimate of drug-likeness (QED) is 0.687. The van der Waals surface area contributed by atoms with Crippen molar-refractivity contribution in [3.8, 4) is 5.75 Å². The van der Waals surface area contributed by atoms with E-state index in [9.17, 15) is 18.4 Å². The second kappa shape index (κ2) is 10.1. The van der Waals surface area contributed by atoms with Gasteiger partial charge >= 0.3 is 6.61 Å². The molecule has 0 aromatic heterocycles. The van der Waals surface area contributed by atoms with Gasteiger partial charge < -0.3 is 14.5 Å². The van der Waals surface area contributed by atoms with E-state index in [-0.39, 0.29) is 29.2 Å². The molecule has 2 saturated heterocycles. The van der Waals surface area contributed by atoms with Crippen LogP contribution < -0.4 is 4.74 Å². The van der Waals surface area contributed by atoms with Crippen LogP contribution in [-0.2, 0) is 4.79 Å². The summed E-state index contributed by atoms with van der Waals surface area (Å²) in [5.74, 6) is -0.367. The number of benzene rings is 2. The Kier molecular flexibility index (Phi) is 6.99. The van der Waals surface area contributed by atoms with E-state index in [0.717, 1.165) is 31.5 Å². The van der Waals surface area contributed by atoms with Crippen LogP contribution in [0.4, 0.5) is 8.78 Å². The summed E-state index contributed by atoms with van der Waals surface area (Å²) in [4.78, 5) is 32.0. The minimum absolute atomic E-state index is 0.101. The molecule has 1 unspecified atom stereocenters. The SMILES string of the molecule is O=C(c1ccccc1OC(F)F)N1CCN(C(C(=O)N2CCCC2)c2ccccc2)CC1. The van der Waals surface area contributed by atoms with Crippen molar-refractivity contribution in [2.24, 2.45) is 0 Å². The summed E-state index contributed by atoms with van der Waals surface area (Å²) < 4.78 is 30.0. The van der Waals surface area contributed by atoms with Crippen LogP contribution in [0.1, 0.15) is 34.8 Å². The van der Waals surface area contributed by atoms with Crippen LogP contribution in [0.2, 0.25) is 0 Å². The van der Waals surface area contributed by atoms with E-state index in [1.54, 1.807) is 17.0 Å². The maximum absolute atomic E-state index is 13.3. The van der Waals surface area contributed by atoms with E-state index in [1.807, 2.05) is 35.2 Å². The monoisotopic (exact) mass is 443 g/mol. The number of carbonyl (C=O) groups excluding carboxylic acids is 2. The number of likely N-dealkylation sites (tertiary alicyclic amines) is 1. The van der Waals surface area contributed by atoms with E-state index in [1.165, 1.54) is 12.1 Å². The number of para-hydroxylation sites is 1. The van der Waals surface area contributed by atoms with Crippen molar-refractivity contribution in [3.63, 3.8) is 0 Å². The van der Waals surface area contributed by atoms with E-state index in [4.69, 9.17) is 0 Å². The minimum atomic E-state index is -3.00. The van der Waals surface area contributed by atoms with Crippen LogP contribution >= 0.6 is 0 Å². The van der Waals surface area contributed by atoms with Crippen molar-refractivity contribution in [3.05, 3.63) is 65.7 Å². The average molecular weight is 443 g/mol. The number of rotatable bonds is 6. The van der Waals surface area contributed by atoms with Crippen LogP contribution in [0.3, 0.4) is 0 Å². The van der Waals surface area contributed by atoms with Gasteiger partial charge in [-0.05, 0) is 30.5 Å². The summed E-state index contributed by atoms with van der Waals surface area (Å²) in [5.41, 5.74) is 1.06. The summed E-state index contributed by atoms with van der Waals surface area (Å²) in [7, 11) is 0. The van der Waals surface area contributed by atoms with Gasteiger partial charge in [-0.25, -0.2) is 0 Å². The Balaban J connectivity index is 1.47. The van der Waals surface area contributed by atoms with Gasteiger partial charge in [-0.2, -0.15) is 8.78 Å². The highest BCUT2D eigenvalue weighted by molar-refractivity contribution is 5.97. The van der Waals surface area contributed by atoms with Crippen molar-refractivity contribution in [1.82, 2.24) is 14.7 Å². The molecule has 2 fully saturated rings. The van der Waals surface area contributed by atoms with Gasteiger partial charge in [-0.3, -0.25) is 14.5 Å². The van der Waals surface area contributed by atoms with Gasteiger partial charge in [-0.1, -0.05) is 42.5 Å². The number of hydrogen-bond donors (Lipinski definition) is 0. The molecule has 0 spiro atoms. The maximum atomic E-state index is 13.3. The van der Waals surface area contributed by atoms with E-state index >= 15 is 0 Å². The Morgan fingerprint density at radius 1 is 0.781 bits per heavy atom. The summed E-state index contributed by atoms with van der Waals surface area (Å²) in [6.45, 7) is 0.398. The highest BCUT2D eigenvalue weighted by Crippen LogP contribution is 2.28. The fourth-order valence-electron chi connectivity index (χ4n) is 4.45. The van der Waals surface area contributed by atoms with Crippen molar-refractivity contribution in [1.29, 1.82) is 0 Å². The average Bonchev–Trinajstić information content (AvgIpc) is 3.35. The Labute approximate surface area is 186 Å². The Morgan fingerprint density at radius 3 is 2.06 bits per heavy atom. The number of halogens is 2. The number of piperazine rings is 1. The molecular formula is C24H27F2N3O3. The molecule has 1 atom stereocenters. The van der Waals surface area contributed by atoms with E-state index < -0.39 is 6.61 Å². The van der Waals surface area contributed by atoms with Gasteiger partial charge in [0.05, 0.1) is 5.56 Å². The van der Waals surface area contributed by atoms with Gasteiger partial charge in [0.1, 0.15) is 11.8 Å². The number of nitrogens with zero attached hydrogens (tertiary/aromatic N) is 3. The Morgan fingerprint density at radius 2 is 1.41 bits per heavy atom. The molecule has 2 heterocycles. The molecule has 0 saturated carbocycles. The number of ether oxygens (including phenoxy) is 1. The number of amides is 2. The number of carbonyl (C=O) groups is 2.